The van der Waals surface area contributed by atoms with Gasteiger partial charge in [0.05, 0.1) is 29.8 Å². The van der Waals surface area contributed by atoms with E-state index in [0.717, 1.165) is 25.0 Å². The highest BCUT2D eigenvalue weighted by molar-refractivity contribution is 6.31. The monoisotopic (exact) mass is 468 g/mol. The van der Waals surface area contributed by atoms with Crippen molar-refractivity contribution in [3.05, 3.63) is 64.2 Å². The van der Waals surface area contributed by atoms with E-state index in [-0.39, 0.29) is 18.3 Å². The van der Waals surface area contributed by atoms with E-state index in [0.29, 0.717) is 30.1 Å². The van der Waals surface area contributed by atoms with Gasteiger partial charge in [0, 0.05) is 18.8 Å². The third-order valence-electron chi connectivity index (χ3n) is 5.57. The van der Waals surface area contributed by atoms with Crippen molar-refractivity contribution in [2.24, 2.45) is 5.92 Å². The number of likely N-dealkylation sites (tertiary alicyclic amines) is 1. The molecule has 1 aliphatic heterocycles. The third-order valence-corrected chi connectivity index (χ3v) is 5.90. The summed E-state index contributed by atoms with van der Waals surface area (Å²) in [6.45, 7) is 3.22. The topological polar surface area (TPSA) is 49.9 Å². The number of hydrogen-bond donors (Lipinski definition) is 0. The average molecular weight is 469 g/mol. The van der Waals surface area contributed by atoms with Crippen LogP contribution in [-0.2, 0) is 17.5 Å². The number of halogens is 4. The molecule has 2 aromatic rings. The minimum Gasteiger partial charge on any atom is -0.465 e. The lowest BCUT2D eigenvalue weighted by Crippen LogP contribution is -2.46. The Hall–Kier alpha value is -2.74. The van der Waals surface area contributed by atoms with Crippen LogP contribution >= 0.6 is 11.6 Å². The van der Waals surface area contributed by atoms with Crippen LogP contribution in [0.25, 0.3) is 0 Å². The number of amides is 2. The van der Waals surface area contributed by atoms with Gasteiger partial charge >= 0.3 is 18.2 Å². The number of ether oxygens (including phenoxy) is 1. The highest BCUT2D eigenvalue weighted by Gasteiger charge is 2.35. The lowest BCUT2D eigenvalue weighted by Gasteiger charge is -2.35. The summed E-state index contributed by atoms with van der Waals surface area (Å²) in [5, 5.41) is -0.428. The van der Waals surface area contributed by atoms with E-state index in [1.165, 1.54) is 18.1 Å². The minimum absolute atomic E-state index is 0.0330. The fraction of sp³-hybridized carbons (Fsp3) is 0.391. The Morgan fingerprint density at radius 1 is 1.12 bits per heavy atom. The fourth-order valence-corrected chi connectivity index (χ4v) is 3.81. The molecule has 9 heteroatoms. The molecule has 172 valence electrons. The molecule has 0 atom stereocenters. The van der Waals surface area contributed by atoms with Crippen molar-refractivity contribution in [1.29, 1.82) is 0 Å². The summed E-state index contributed by atoms with van der Waals surface area (Å²) in [7, 11) is 1.27. The SMILES string of the molecule is COC(=O)c1ccc(CN(C(=O)N2CCC(C)CC2)c2ccc(Cl)c(C(F)(F)F)c2)cc1. The van der Waals surface area contributed by atoms with Gasteiger partial charge in [0.25, 0.3) is 0 Å². The number of anilines is 1. The molecule has 0 unspecified atom stereocenters. The number of alkyl halides is 3. The number of hydrogen-bond acceptors (Lipinski definition) is 3. The first-order chi connectivity index (χ1) is 15.1. The van der Waals surface area contributed by atoms with Crippen LogP contribution < -0.4 is 4.90 Å². The second kappa shape index (κ2) is 9.81. The first-order valence-corrected chi connectivity index (χ1v) is 10.6. The number of esters is 1. The van der Waals surface area contributed by atoms with E-state index in [4.69, 9.17) is 11.6 Å². The van der Waals surface area contributed by atoms with Crippen molar-refractivity contribution in [3.8, 4) is 0 Å². The van der Waals surface area contributed by atoms with Gasteiger partial charge in [0.1, 0.15) is 0 Å². The van der Waals surface area contributed by atoms with Gasteiger partial charge in [-0.3, -0.25) is 4.90 Å². The third kappa shape index (κ3) is 5.54. The molecule has 1 heterocycles. The van der Waals surface area contributed by atoms with Crippen molar-refractivity contribution in [3.63, 3.8) is 0 Å². The van der Waals surface area contributed by atoms with Gasteiger partial charge in [-0.05, 0) is 54.7 Å². The molecular weight excluding hydrogens is 445 g/mol. The van der Waals surface area contributed by atoms with E-state index >= 15 is 0 Å². The summed E-state index contributed by atoms with van der Waals surface area (Å²) in [6.07, 6.45) is -2.98. The second-order valence-electron chi connectivity index (χ2n) is 7.89. The van der Waals surface area contributed by atoms with Crippen molar-refractivity contribution in [1.82, 2.24) is 4.90 Å². The Morgan fingerprint density at radius 2 is 1.75 bits per heavy atom. The Bertz CT molecular complexity index is 971. The maximum absolute atomic E-state index is 13.4. The van der Waals surface area contributed by atoms with Gasteiger partial charge in [-0.25, -0.2) is 9.59 Å². The number of methoxy groups -OCH3 is 1. The highest BCUT2D eigenvalue weighted by Crippen LogP contribution is 2.37. The number of benzene rings is 2. The molecule has 5 nitrogen and oxygen atoms in total. The van der Waals surface area contributed by atoms with Gasteiger partial charge < -0.3 is 9.64 Å². The molecule has 0 radical (unpaired) electrons. The van der Waals surface area contributed by atoms with Gasteiger partial charge in [0.2, 0.25) is 0 Å². The molecule has 0 saturated carbocycles. The van der Waals surface area contributed by atoms with E-state index in [2.05, 4.69) is 11.7 Å². The average Bonchev–Trinajstić information content (AvgIpc) is 2.77. The van der Waals surface area contributed by atoms with E-state index in [9.17, 15) is 22.8 Å². The maximum Gasteiger partial charge on any atom is 0.417 e. The second-order valence-corrected chi connectivity index (χ2v) is 8.30. The summed E-state index contributed by atoms with van der Waals surface area (Å²) in [5.41, 5.74) is 0.0926. The summed E-state index contributed by atoms with van der Waals surface area (Å²) in [6, 6.07) is 9.48. The van der Waals surface area contributed by atoms with Gasteiger partial charge in [-0.2, -0.15) is 13.2 Å². The summed E-state index contributed by atoms with van der Waals surface area (Å²) < 4.78 is 45.0. The molecule has 1 aliphatic rings. The molecule has 32 heavy (non-hydrogen) atoms. The van der Waals surface area contributed by atoms with Gasteiger partial charge in [-0.15, -0.1) is 0 Å². The largest absolute Gasteiger partial charge is 0.465 e. The minimum atomic E-state index is -4.65. The van der Waals surface area contributed by atoms with Gasteiger partial charge in [-0.1, -0.05) is 30.7 Å². The summed E-state index contributed by atoms with van der Waals surface area (Å²) in [4.78, 5) is 28.0. The first kappa shape index (κ1) is 23.9. The van der Waals surface area contributed by atoms with Crippen molar-refractivity contribution in [2.75, 3.05) is 25.1 Å². The zero-order chi connectivity index (χ0) is 23.5. The quantitative estimate of drug-likeness (QED) is 0.517. The maximum atomic E-state index is 13.4. The zero-order valence-corrected chi connectivity index (χ0v) is 18.5. The normalized spacial score (nSPS) is 14.9. The van der Waals surface area contributed by atoms with Crippen molar-refractivity contribution in [2.45, 2.75) is 32.5 Å². The van der Waals surface area contributed by atoms with Crippen LogP contribution in [0.3, 0.4) is 0 Å². The van der Waals surface area contributed by atoms with Crippen molar-refractivity contribution < 1.29 is 27.5 Å². The number of urea groups is 1. The molecular formula is C23H24ClF3N2O3. The van der Waals surface area contributed by atoms with E-state index in [1.54, 1.807) is 29.2 Å². The van der Waals surface area contributed by atoms with E-state index in [1.807, 2.05) is 0 Å². The Kier molecular flexibility index (Phi) is 7.33. The fourth-order valence-electron chi connectivity index (χ4n) is 3.58. The Labute approximate surface area is 189 Å². The number of carbonyl (C=O) groups is 2. The lowest BCUT2D eigenvalue weighted by molar-refractivity contribution is -0.137. The Balaban J connectivity index is 1.95. The van der Waals surface area contributed by atoms with Crippen LogP contribution in [0, 0.1) is 5.92 Å². The number of carbonyl (C=O) groups excluding carboxylic acids is 2. The molecule has 0 aromatic heterocycles. The molecule has 1 fully saturated rings. The van der Waals surface area contributed by atoms with E-state index < -0.39 is 22.7 Å². The molecule has 3 rings (SSSR count). The number of nitrogens with zero attached hydrogens (tertiary/aromatic N) is 2. The lowest BCUT2D eigenvalue weighted by atomic mass is 9.99. The molecule has 2 amide bonds. The molecule has 0 aliphatic carbocycles. The Morgan fingerprint density at radius 3 is 2.31 bits per heavy atom. The number of piperidine rings is 1. The van der Waals surface area contributed by atoms with Crippen LogP contribution in [0.4, 0.5) is 23.7 Å². The van der Waals surface area contributed by atoms with Crippen LogP contribution in [0.5, 0.6) is 0 Å². The predicted octanol–water partition coefficient (Wildman–Crippen LogP) is 6.00. The summed E-state index contributed by atoms with van der Waals surface area (Å²) >= 11 is 5.77. The van der Waals surface area contributed by atoms with Crippen LogP contribution in [0.2, 0.25) is 5.02 Å². The smallest absolute Gasteiger partial charge is 0.417 e. The van der Waals surface area contributed by atoms with Crippen molar-refractivity contribution >= 4 is 29.3 Å². The predicted molar refractivity (Wildman–Crippen MR) is 116 cm³/mol. The van der Waals surface area contributed by atoms with Crippen LogP contribution in [0.1, 0.15) is 41.3 Å². The summed E-state index contributed by atoms with van der Waals surface area (Å²) in [5.74, 6) is -0.00910. The first-order valence-electron chi connectivity index (χ1n) is 10.2. The van der Waals surface area contributed by atoms with Crippen LogP contribution in [-0.4, -0.2) is 37.1 Å². The molecule has 1 saturated heterocycles. The molecule has 0 bridgehead atoms. The zero-order valence-electron chi connectivity index (χ0n) is 17.8. The highest BCUT2D eigenvalue weighted by atomic mass is 35.5. The number of rotatable bonds is 4. The van der Waals surface area contributed by atoms with Gasteiger partial charge in [0.15, 0.2) is 0 Å². The molecule has 2 aromatic carbocycles. The molecule has 0 spiro atoms. The standard InChI is InChI=1S/C23H24ClF3N2O3/c1-15-9-11-28(12-10-15)22(31)29(14-16-3-5-17(6-4-16)21(30)32-2)18-7-8-20(24)19(13-18)23(25,26)27/h3-8,13,15H,9-12,14H2,1-2H3. The molecule has 0 N–H and O–H groups in total. The van der Waals surface area contributed by atoms with Crippen LogP contribution in [0.15, 0.2) is 42.5 Å².